The third kappa shape index (κ3) is 2.30. The number of hydrogen-bond acceptors (Lipinski definition) is 4. The van der Waals surface area contributed by atoms with Crippen molar-refractivity contribution in [3.05, 3.63) is 30.4 Å². The minimum atomic E-state index is -0.901. The van der Waals surface area contributed by atoms with Crippen molar-refractivity contribution in [1.82, 2.24) is 20.2 Å². The number of aliphatic carboxylic acids is 1. The van der Waals surface area contributed by atoms with Crippen LogP contribution in [0.1, 0.15) is 25.1 Å². The molecule has 2 N–H and O–H groups in total. The normalized spacial score (nSPS) is 12.3. The van der Waals surface area contributed by atoms with Crippen molar-refractivity contribution in [2.45, 2.75) is 19.3 Å². The highest BCUT2D eigenvalue weighted by molar-refractivity contribution is 5.74. The molecule has 0 unspecified atom stereocenters. The van der Waals surface area contributed by atoms with E-state index in [2.05, 4.69) is 20.2 Å². The number of pyridine rings is 1. The van der Waals surface area contributed by atoms with Gasteiger partial charge in [-0.05, 0) is 18.6 Å². The molecule has 6 nitrogen and oxygen atoms in total. The smallest absolute Gasteiger partial charge is 0.314 e. The van der Waals surface area contributed by atoms with Crippen LogP contribution < -0.4 is 0 Å². The van der Waals surface area contributed by atoms with Gasteiger partial charge in [0.2, 0.25) is 0 Å². The molecular formula is C11H12N4O2. The summed E-state index contributed by atoms with van der Waals surface area (Å²) >= 11 is 0. The van der Waals surface area contributed by atoms with Crippen LogP contribution in [-0.2, 0) is 4.79 Å². The maximum absolute atomic E-state index is 11.0. The first-order valence-corrected chi connectivity index (χ1v) is 5.28. The maximum atomic E-state index is 11.0. The topological polar surface area (TPSA) is 91.8 Å². The van der Waals surface area contributed by atoms with Crippen molar-refractivity contribution in [2.75, 3.05) is 0 Å². The summed E-state index contributed by atoms with van der Waals surface area (Å²) in [5, 5.41) is 15.7. The Morgan fingerprint density at radius 1 is 1.59 bits per heavy atom. The van der Waals surface area contributed by atoms with Gasteiger partial charge in [-0.15, -0.1) is 0 Å². The summed E-state index contributed by atoms with van der Waals surface area (Å²) in [5.41, 5.74) is 0.759. The fourth-order valence-electron chi connectivity index (χ4n) is 1.54. The Balaban J connectivity index is 2.30. The number of aromatic nitrogens is 4. The second-order valence-corrected chi connectivity index (χ2v) is 3.59. The van der Waals surface area contributed by atoms with Crippen LogP contribution in [0.4, 0.5) is 0 Å². The van der Waals surface area contributed by atoms with Crippen LogP contribution in [0.15, 0.2) is 24.5 Å². The first-order valence-electron chi connectivity index (χ1n) is 5.28. The van der Waals surface area contributed by atoms with E-state index in [1.807, 2.05) is 6.07 Å². The van der Waals surface area contributed by atoms with Crippen LogP contribution >= 0.6 is 0 Å². The summed E-state index contributed by atoms with van der Waals surface area (Å²) in [6, 6.07) is 3.60. The number of rotatable bonds is 4. The zero-order valence-electron chi connectivity index (χ0n) is 9.29. The second kappa shape index (κ2) is 4.73. The van der Waals surface area contributed by atoms with Crippen molar-refractivity contribution in [3.8, 4) is 11.4 Å². The number of hydrogen-bond donors (Lipinski definition) is 2. The summed E-state index contributed by atoms with van der Waals surface area (Å²) in [6.45, 7) is 1.80. The number of aromatic amines is 1. The van der Waals surface area contributed by atoms with Crippen molar-refractivity contribution in [2.24, 2.45) is 0 Å². The largest absolute Gasteiger partial charge is 0.481 e. The minimum absolute atomic E-state index is 0.374. The molecule has 0 aliphatic heterocycles. The van der Waals surface area contributed by atoms with Crippen LogP contribution in [0, 0.1) is 0 Å². The molecule has 6 heteroatoms. The third-order valence-corrected chi connectivity index (χ3v) is 2.46. The lowest BCUT2D eigenvalue weighted by Crippen LogP contribution is -2.12. The summed E-state index contributed by atoms with van der Waals surface area (Å²) in [7, 11) is 0. The van der Waals surface area contributed by atoms with E-state index in [4.69, 9.17) is 5.11 Å². The van der Waals surface area contributed by atoms with E-state index in [-0.39, 0.29) is 0 Å². The van der Waals surface area contributed by atoms with Gasteiger partial charge in [0, 0.05) is 18.0 Å². The van der Waals surface area contributed by atoms with Gasteiger partial charge < -0.3 is 5.11 Å². The van der Waals surface area contributed by atoms with Crippen LogP contribution in [-0.4, -0.2) is 31.2 Å². The van der Waals surface area contributed by atoms with Gasteiger partial charge >= 0.3 is 5.97 Å². The standard InChI is InChI=1S/C11H12N4O2/c1-2-8(11(16)17)10-13-9(14-15-10)7-4-3-5-12-6-7/h3-6,8H,2H2,1H3,(H,16,17)(H,13,14,15)/t8-/m0/s1. The SMILES string of the molecule is CC[C@H](C(=O)O)c1nc(-c2cccnc2)n[nH]1. The predicted octanol–water partition coefficient (Wildman–Crippen LogP) is 1.44. The van der Waals surface area contributed by atoms with Crippen molar-refractivity contribution < 1.29 is 9.90 Å². The molecule has 0 fully saturated rings. The monoisotopic (exact) mass is 232 g/mol. The van der Waals surface area contributed by atoms with Crippen molar-refractivity contribution in [1.29, 1.82) is 0 Å². The fraction of sp³-hybridized carbons (Fsp3) is 0.273. The molecule has 2 aromatic rings. The lowest BCUT2D eigenvalue weighted by atomic mass is 10.1. The molecule has 0 amide bonds. The highest BCUT2D eigenvalue weighted by atomic mass is 16.4. The zero-order chi connectivity index (χ0) is 12.3. The fourth-order valence-corrected chi connectivity index (χ4v) is 1.54. The van der Waals surface area contributed by atoms with Gasteiger partial charge in [-0.3, -0.25) is 14.9 Å². The number of carboxylic acid groups (broad SMARTS) is 1. The first-order chi connectivity index (χ1) is 8.22. The minimum Gasteiger partial charge on any atom is -0.481 e. The molecule has 0 aliphatic carbocycles. The van der Waals surface area contributed by atoms with E-state index in [0.717, 1.165) is 5.56 Å². The van der Waals surface area contributed by atoms with E-state index >= 15 is 0 Å². The lowest BCUT2D eigenvalue weighted by Gasteiger charge is -2.03. The van der Waals surface area contributed by atoms with E-state index in [0.29, 0.717) is 18.1 Å². The van der Waals surface area contributed by atoms with E-state index in [9.17, 15) is 4.79 Å². The molecule has 2 aromatic heterocycles. The van der Waals surface area contributed by atoms with Gasteiger partial charge in [0.1, 0.15) is 11.7 Å². The summed E-state index contributed by atoms with van der Waals surface area (Å²) in [6.07, 6.45) is 3.76. The number of H-pyrrole nitrogens is 1. The molecule has 2 rings (SSSR count). The zero-order valence-corrected chi connectivity index (χ0v) is 9.29. The third-order valence-electron chi connectivity index (χ3n) is 2.46. The Morgan fingerprint density at radius 3 is 3.00 bits per heavy atom. The number of nitrogens with one attached hydrogen (secondary N) is 1. The molecule has 17 heavy (non-hydrogen) atoms. The van der Waals surface area contributed by atoms with Gasteiger partial charge in [-0.1, -0.05) is 6.92 Å². The maximum Gasteiger partial charge on any atom is 0.314 e. The van der Waals surface area contributed by atoms with Crippen molar-refractivity contribution >= 4 is 5.97 Å². The van der Waals surface area contributed by atoms with Crippen LogP contribution in [0.25, 0.3) is 11.4 Å². The second-order valence-electron chi connectivity index (χ2n) is 3.59. The summed E-state index contributed by atoms with van der Waals surface area (Å²) in [4.78, 5) is 19.1. The number of carboxylic acids is 1. The van der Waals surface area contributed by atoms with Gasteiger partial charge in [0.25, 0.3) is 0 Å². The Hall–Kier alpha value is -2.24. The molecule has 88 valence electrons. The Morgan fingerprint density at radius 2 is 2.41 bits per heavy atom. The molecular weight excluding hydrogens is 220 g/mol. The average molecular weight is 232 g/mol. The van der Waals surface area contributed by atoms with E-state index in [1.54, 1.807) is 25.4 Å². The molecule has 0 aromatic carbocycles. The number of carbonyl (C=O) groups is 1. The van der Waals surface area contributed by atoms with Gasteiger partial charge in [0.05, 0.1) is 0 Å². The van der Waals surface area contributed by atoms with Crippen molar-refractivity contribution in [3.63, 3.8) is 0 Å². The molecule has 1 atom stereocenters. The predicted molar refractivity (Wildman–Crippen MR) is 60.3 cm³/mol. The van der Waals surface area contributed by atoms with Gasteiger partial charge in [-0.2, -0.15) is 5.10 Å². The van der Waals surface area contributed by atoms with Crippen LogP contribution in [0.2, 0.25) is 0 Å². The highest BCUT2D eigenvalue weighted by Crippen LogP contribution is 2.19. The molecule has 0 saturated carbocycles. The first kappa shape index (κ1) is 11.3. The molecule has 0 spiro atoms. The molecule has 0 bridgehead atoms. The molecule has 0 aliphatic rings. The van der Waals surface area contributed by atoms with Gasteiger partial charge in [0.15, 0.2) is 5.82 Å². The van der Waals surface area contributed by atoms with E-state index < -0.39 is 11.9 Å². The molecule has 0 radical (unpaired) electrons. The molecule has 2 heterocycles. The highest BCUT2D eigenvalue weighted by Gasteiger charge is 2.21. The number of nitrogens with zero attached hydrogens (tertiary/aromatic N) is 3. The Kier molecular flexibility index (Phi) is 3.13. The van der Waals surface area contributed by atoms with Crippen LogP contribution in [0.3, 0.4) is 0 Å². The summed E-state index contributed by atoms with van der Waals surface area (Å²) in [5.74, 6) is -0.707. The Bertz CT molecular complexity index is 509. The van der Waals surface area contributed by atoms with Crippen LogP contribution in [0.5, 0.6) is 0 Å². The summed E-state index contributed by atoms with van der Waals surface area (Å²) < 4.78 is 0. The lowest BCUT2D eigenvalue weighted by molar-refractivity contribution is -0.139. The van der Waals surface area contributed by atoms with E-state index in [1.165, 1.54) is 0 Å². The average Bonchev–Trinajstić information content (AvgIpc) is 2.80. The Labute approximate surface area is 97.7 Å². The molecule has 0 saturated heterocycles. The quantitative estimate of drug-likeness (QED) is 0.832. The van der Waals surface area contributed by atoms with Gasteiger partial charge in [-0.25, -0.2) is 4.98 Å².